The van der Waals surface area contributed by atoms with Crippen molar-refractivity contribution in [3.8, 4) is 0 Å². The summed E-state index contributed by atoms with van der Waals surface area (Å²) in [6.07, 6.45) is 4.46. The Morgan fingerprint density at radius 3 is 2.69 bits per heavy atom. The summed E-state index contributed by atoms with van der Waals surface area (Å²) in [4.78, 5) is 19.8. The fraction of sp³-hybridized carbons (Fsp3) is 0.0833. The molecule has 0 bridgehead atoms. The Balaban J connectivity index is 2.42. The number of ketones is 1. The average molecular weight is 233 g/mol. The van der Waals surface area contributed by atoms with Gasteiger partial charge in [0.15, 0.2) is 0 Å². The maximum atomic E-state index is 12.0. The van der Waals surface area contributed by atoms with Crippen LogP contribution in [0, 0.1) is 6.92 Å². The number of hydrogen-bond donors (Lipinski definition) is 0. The summed E-state index contributed by atoms with van der Waals surface area (Å²) < 4.78 is 0. The first-order valence-corrected chi connectivity index (χ1v) is 5.12. The van der Waals surface area contributed by atoms with Crippen LogP contribution in [0.3, 0.4) is 0 Å². The molecule has 1 aromatic carbocycles. The van der Waals surface area contributed by atoms with E-state index in [0.29, 0.717) is 16.3 Å². The van der Waals surface area contributed by atoms with Crippen molar-refractivity contribution in [1.82, 2.24) is 9.97 Å². The quantitative estimate of drug-likeness (QED) is 0.748. The van der Waals surface area contributed by atoms with Crippen molar-refractivity contribution >= 4 is 17.4 Å². The van der Waals surface area contributed by atoms with Crippen LogP contribution in [0.25, 0.3) is 0 Å². The third-order valence-corrected chi connectivity index (χ3v) is 2.32. The van der Waals surface area contributed by atoms with Gasteiger partial charge in [-0.15, -0.1) is 0 Å². The maximum absolute atomic E-state index is 12.0. The third-order valence-electron chi connectivity index (χ3n) is 2.10. The Morgan fingerprint density at radius 1 is 1.25 bits per heavy atom. The van der Waals surface area contributed by atoms with Crippen molar-refractivity contribution < 1.29 is 4.79 Å². The Hall–Kier alpha value is -1.74. The minimum atomic E-state index is -0.168. The van der Waals surface area contributed by atoms with Crippen LogP contribution in [0.15, 0.2) is 36.8 Å². The first kappa shape index (κ1) is 10.8. The molecule has 0 aliphatic carbocycles. The number of aryl methyl sites for hydroxylation is 1. The lowest BCUT2D eigenvalue weighted by molar-refractivity contribution is 0.103. The molecule has 0 aliphatic heterocycles. The van der Waals surface area contributed by atoms with Gasteiger partial charge in [0, 0.05) is 23.0 Å². The van der Waals surface area contributed by atoms with Crippen molar-refractivity contribution in [2.45, 2.75) is 6.92 Å². The minimum absolute atomic E-state index is 0.168. The van der Waals surface area contributed by atoms with Gasteiger partial charge in [-0.05, 0) is 30.7 Å². The van der Waals surface area contributed by atoms with E-state index in [9.17, 15) is 4.79 Å². The highest BCUT2D eigenvalue weighted by atomic mass is 35.5. The summed E-state index contributed by atoms with van der Waals surface area (Å²) >= 11 is 5.89. The molecular formula is C12H9ClN2O. The number of benzene rings is 1. The molecule has 1 heterocycles. The van der Waals surface area contributed by atoms with Crippen LogP contribution in [-0.2, 0) is 0 Å². The predicted octanol–water partition coefficient (Wildman–Crippen LogP) is 2.67. The fourth-order valence-corrected chi connectivity index (χ4v) is 1.72. The van der Waals surface area contributed by atoms with Crippen LogP contribution in [0.4, 0.5) is 0 Å². The first-order valence-electron chi connectivity index (χ1n) is 4.75. The van der Waals surface area contributed by atoms with Gasteiger partial charge in [-0.2, -0.15) is 0 Å². The second kappa shape index (κ2) is 4.41. The first-order chi connectivity index (χ1) is 7.66. The zero-order valence-corrected chi connectivity index (χ0v) is 9.40. The van der Waals surface area contributed by atoms with Gasteiger partial charge in [0.1, 0.15) is 5.69 Å². The molecule has 2 rings (SSSR count). The average Bonchev–Trinajstić information content (AvgIpc) is 2.28. The molecule has 0 fully saturated rings. The van der Waals surface area contributed by atoms with Gasteiger partial charge in [-0.3, -0.25) is 9.78 Å². The number of carbonyl (C=O) groups is 1. The molecule has 0 N–H and O–H groups in total. The van der Waals surface area contributed by atoms with Crippen LogP contribution in [0.2, 0.25) is 5.02 Å². The molecule has 0 amide bonds. The zero-order valence-electron chi connectivity index (χ0n) is 8.64. The van der Waals surface area contributed by atoms with Gasteiger partial charge in [-0.25, -0.2) is 4.98 Å². The monoisotopic (exact) mass is 232 g/mol. The van der Waals surface area contributed by atoms with E-state index >= 15 is 0 Å². The summed E-state index contributed by atoms with van der Waals surface area (Å²) in [6, 6.07) is 5.21. The lowest BCUT2D eigenvalue weighted by atomic mass is 10.1. The highest BCUT2D eigenvalue weighted by Crippen LogP contribution is 2.16. The molecule has 0 saturated carbocycles. The standard InChI is InChI=1S/C12H9ClN2O/c1-8-4-9(6-10(13)5-8)12(16)11-7-14-2-3-15-11/h2-7H,1H3. The largest absolute Gasteiger partial charge is 0.287 e. The highest BCUT2D eigenvalue weighted by molar-refractivity contribution is 6.31. The van der Waals surface area contributed by atoms with Gasteiger partial charge < -0.3 is 0 Å². The molecule has 4 heteroatoms. The van der Waals surface area contributed by atoms with Crippen molar-refractivity contribution in [2.75, 3.05) is 0 Å². The molecule has 1 aromatic heterocycles. The molecule has 0 saturated heterocycles. The van der Waals surface area contributed by atoms with E-state index in [-0.39, 0.29) is 5.78 Å². The molecule has 0 spiro atoms. The Bertz CT molecular complexity index is 506. The molecule has 3 nitrogen and oxygen atoms in total. The number of carbonyl (C=O) groups excluding carboxylic acids is 1. The number of nitrogens with zero attached hydrogens (tertiary/aromatic N) is 2. The van der Waals surface area contributed by atoms with E-state index < -0.39 is 0 Å². The van der Waals surface area contributed by atoms with E-state index in [1.165, 1.54) is 18.6 Å². The number of aromatic nitrogens is 2. The van der Waals surface area contributed by atoms with Crippen molar-refractivity contribution in [3.63, 3.8) is 0 Å². The zero-order chi connectivity index (χ0) is 11.5. The molecule has 2 aromatic rings. The van der Waals surface area contributed by atoms with Gasteiger partial charge in [0.2, 0.25) is 5.78 Å². The molecule has 0 aliphatic rings. The SMILES string of the molecule is Cc1cc(Cl)cc(C(=O)c2cnccn2)c1. The molecule has 0 radical (unpaired) electrons. The summed E-state index contributed by atoms with van der Waals surface area (Å²) in [7, 11) is 0. The third kappa shape index (κ3) is 2.25. The van der Waals surface area contributed by atoms with Crippen LogP contribution in [0.5, 0.6) is 0 Å². The second-order valence-corrected chi connectivity index (χ2v) is 3.87. The van der Waals surface area contributed by atoms with Gasteiger partial charge in [0.05, 0.1) is 6.20 Å². The number of halogens is 1. The highest BCUT2D eigenvalue weighted by Gasteiger charge is 2.11. The van der Waals surface area contributed by atoms with E-state index in [1.54, 1.807) is 18.2 Å². The summed E-state index contributed by atoms with van der Waals surface area (Å²) in [5.74, 6) is -0.168. The van der Waals surface area contributed by atoms with E-state index in [4.69, 9.17) is 11.6 Å². The van der Waals surface area contributed by atoms with Crippen LogP contribution in [-0.4, -0.2) is 15.8 Å². The normalized spacial score (nSPS) is 10.1. The summed E-state index contributed by atoms with van der Waals surface area (Å²) in [5, 5.41) is 0.548. The number of rotatable bonds is 2. The second-order valence-electron chi connectivity index (χ2n) is 3.44. The topological polar surface area (TPSA) is 42.9 Å². The minimum Gasteiger partial charge on any atom is -0.287 e. The van der Waals surface area contributed by atoms with E-state index in [0.717, 1.165) is 5.56 Å². The van der Waals surface area contributed by atoms with Gasteiger partial charge >= 0.3 is 0 Å². The van der Waals surface area contributed by atoms with Gasteiger partial charge in [0.25, 0.3) is 0 Å². The van der Waals surface area contributed by atoms with Crippen LogP contribution in [0.1, 0.15) is 21.6 Å². The van der Waals surface area contributed by atoms with Crippen molar-refractivity contribution in [2.24, 2.45) is 0 Å². The lowest BCUT2D eigenvalue weighted by Gasteiger charge is -2.02. The summed E-state index contributed by atoms with van der Waals surface area (Å²) in [5.41, 5.74) is 1.80. The van der Waals surface area contributed by atoms with Crippen molar-refractivity contribution in [1.29, 1.82) is 0 Å². The van der Waals surface area contributed by atoms with Gasteiger partial charge in [-0.1, -0.05) is 11.6 Å². The Kier molecular flexibility index (Phi) is 2.97. The lowest BCUT2D eigenvalue weighted by Crippen LogP contribution is -2.04. The molecule has 16 heavy (non-hydrogen) atoms. The maximum Gasteiger partial charge on any atom is 0.212 e. The Labute approximate surface area is 98.1 Å². The smallest absolute Gasteiger partial charge is 0.212 e. The fourth-order valence-electron chi connectivity index (χ4n) is 1.43. The van der Waals surface area contributed by atoms with Crippen molar-refractivity contribution in [3.05, 3.63) is 58.6 Å². The van der Waals surface area contributed by atoms with Crippen LogP contribution < -0.4 is 0 Å². The Morgan fingerprint density at radius 2 is 2.06 bits per heavy atom. The molecule has 0 unspecified atom stereocenters. The molecule has 0 atom stereocenters. The van der Waals surface area contributed by atoms with E-state index in [1.807, 2.05) is 6.92 Å². The summed E-state index contributed by atoms with van der Waals surface area (Å²) in [6.45, 7) is 1.89. The molecule has 80 valence electrons. The molecular weight excluding hydrogens is 224 g/mol. The predicted molar refractivity (Wildman–Crippen MR) is 61.7 cm³/mol. The number of hydrogen-bond acceptors (Lipinski definition) is 3. The van der Waals surface area contributed by atoms with Crippen LogP contribution >= 0.6 is 11.6 Å². The van der Waals surface area contributed by atoms with E-state index in [2.05, 4.69) is 9.97 Å².